The van der Waals surface area contributed by atoms with Gasteiger partial charge in [0.1, 0.15) is 6.07 Å². The first kappa shape index (κ1) is 20.7. The Kier molecular flexibility index (Phi) is 6.04. The minimum atomic E-state index is 0.0691. The maximum Gasteiger partial charge on any atom is 0.101 e. The molecule has 1 fully saturated rings. The fraction of sp³-hybridized carbons (Fsp3) is 0.208. The molecule has 3 aromatic rings. The molecule has 1 aromatic heterocycles. The summed E-state index contributed by atoms with van der Waals surface area (Å²) in [5.74, 6) is 0. The van der Waals surface area contributed by atoms with Crippen molar-refractivity contribution in [1.82, 2.24) is 9.88 Å². The SMILES string of the molecule is N#Cc1ccc(CN2CCN(c3ccc(C#N)cc3N)[C@H](c3ccc(Cl)cc3)C2)nc1. The van der Waals surface area contributed by atoms with Gasteiger partial charge in [-0.1, -0.05) is 23.7 Å². The molecule has 0 amide bonds. The smallest absolute Gasteiger partial charge is 0.101 e. The Morgan fingerprint density at radius 1 is 1.00 bits per heavy atom. The molecule has 154 valence electrons. The van der Waals surface area contributed by atoms with Gasteiger partial charge >= 0.3 is 0 Å². The van der Waals surface area contributed by atoms with Crippen molar-refractivity contribution in [2.24, 2.45) is 0 Å². The van der Waals surface area contributed by atoms with E-state index in [-0.39, 0.29) is 6.04 Å². The van der Waals surface area contributed by atoms with Crippen LogP contribution in [0.2, 0.25) is 5.02 Å². The van der Waals surface area contributed by atoms with Gasteiger partial charge in [-0.25, -0.2) is 0 Å². The lowest BCUT2D eigenvalue weighted by Crippen LogP contribution is -2.48. The molecule has 7 heteroatoms. The lowest BCUT2D eigenvalue weighted by Gasteiger charge is -2.43. The van der Waals surface area contributed by atoms with Crippen LogP contribution >= 0.6 is 11.6 Å². The van der Waals surface area contributed by atoms with Crippen LogP contribution in [-0.4, -0.2) is 29.5 Å². The van der Waals surface area contributed by atoms with Crippen molar-refractivity contribution in [3.05, 3.63) is 88.2 Å². The van der Waals surface area contributed by atoms with Crippen LogP contribution in [0.15, 0.2) is 60.8 Å². The number of rotatable bonds is 4. The number of nitrogens with zero attached hydrogens (tertiary/aromatic N) is 5. The van der Waals surface area contributed by atoms with Crippen molar-refractivity contribution in [2.45, 2.75) is 12.6 Å². The average molecular weight is 429 g/mol. The number of pyridine rings is 1. The monoisotopic (exact) mass is 428 g/mol. The number of halogens is 1. The van der Waals surface area contributed by atoms with Crippen LogP contribution < -0.4 is 10.6 Å². The third-order valence-corrected chi connectivity index (χ3v) is 5.78. The van der Waals surface area contributed by atoms with E-state index in [2.05, 4.69) is 26.9 Å². The van der Waals surface area contributed by atoms with Crippen molar-refractivity contribution >= 4 is 23.0 Å². The number of aromatic nitrogens is 1. The molecule has 2 aromatic carbocycles. The molecule has 1 saturated heterocycles. The second kappa shape index (κ2) is 9.06. The molecule has 2 N–H and O–H groups in total. The highest BCUT2D eigenvalue weighted by Gasteiger charge is 2.29. The molecular formula is C24H21ClN6. The number of benzene rings is 2. The minimum Gasteiger partial charge on any atom is -0.397 e. The molecule has 1 aliphatic rings. The second-order valence-corrected chi connectivity index (χ2v) is 7.97. The van der Waals surface area contributed by atoms with Gasteiger partial charge in [-0.15, -0.1) is 0 Å². The number of nitrogen functional groups attached to an aromatic ring is 1. The molecule has 31 heavy (non-hydrogen) atoms. The Bertz CT molecular complexity index is 1140. The molecule has 1 aliphatic heterocycles. The Morgan fingerprint density at radius 2 is 1.74 bits per heavy atom. The van der Waals surface area contributed by atoms with E-state index in [1.807, 2.05) is 36.4 Å². The first-order chi connectivity index (χ1) is 15.1. The van der Waals surface area contributed by atoms with Gasteiger partial charge in [0.15, 0.2) is 0 Å². The molecule has 0 bridgehead atoms. The maximum absolute atomic E-state index is 9.17. The van der Waals surface area contributed by atoms with Gasteiger partial charge in [-0.3, -0.25) is 9.88 Å². The highest BCUT2D eigenvalue weighted by Crippen LogP contribution is 2.35. The van der Waals surface area contributed by atoms with E-state index in [1.165, 1.54) is 0 Å². The quantitative estimate of drug-likeness (QED) is 0.628. The predicted octanol–water partition coefficient (Wildman–Crippen LogP) is 4.12. The number of piperazine rings is 1. The minimum absolute atomic E-state index is 0.0691. The summed E-state index contributed by atoms with van der Waals surface area (Å²) < 4.78 is 0. The summed E-state index contributed by atoms with van der Waals surface area (Å²) in [6.07, 6.45) is 1.61. The van der Waals surface area contributed by atoms with E-state index in [4.69, 9.17) is 27.9 Å². The summed E-state index contributed by atoms with van der Waals surface area (Å²) >= 11 is 6.12. The molecule has 0 radical (unpaired) electrons. The predicted molar refractivity (Wildman–Crippen MR) is 121 cm³/mol. The summed E-state index contributed by atoms with van der Waals surface area (Å²) in [5, 5.41) is 18.8. The molecule has 4 rings (SSSR count). The Morgan fingerprint density at radius 3 is 2.39 bits per heavy atom. The highest BCUT2D eigenvalue weighted by molar-refractivity contribution is 6.30. The molecule has 1 atom stereocenters. The van der Waals surface area contributed by atoms with Crippen molar-refractivity contribution in [3.8, 4) is 12.1 Å². The van der Waals surface area contributed by atoms with Crippen molar-refractivity contribution in [1.29, 1.82) is 10.5 Å². The third-order valence-electron chi connectivity index (χ3n) is 5.52. The van der Waals surface area contributed by atoms with Crippen molar-refractivity contribution in [2.75, 3.05) is 30.3 Å². The van der Waals surface area contributed by atoms with E-state index in [9.17, 15) is 0 Å². The van der Waals surface area contributed by atoms with Crippen LogP contribution in [0.3, 0.4) is 0 Å². The number of hydrogen-bond donors (Lipinski definition) is 1. The molecule has 0 unspecified atom stereocenters. The first-order valence-corrected chi connectivity index (χ1v) is 10.3. The van der Waals surface area contributed by atoms with E-state index in [0.717, 1.165) is 36.6 Å². The Balaban J connectivity index is 1.61. The number of anilines is 2. The lowest BCUT2D eigenvalue weighted by molar-refractivity contribution is 0.213. The van der Waals surface area contributed by atoms with Gasteiger partial charge in [-0.05, 0) is 48.0 Å². The van der Waals surface area contributed by atoms with Gasteiger partial charge in [0, 0.05) is 37.4 Å². The normalized spacial score (nSPS) is 16.5. The fourth-order valence-electron chi connectivity index (χ4n) is 3.94. The molecule has 2 heterocycles. The topological polar surface area (TPSA) is 93.0 Å². The zero-order valence-electron chi connectivity index (χ0n) is 16.9. The third kappa shape index (κ3) is 4.62. The standard InChI is InChI=1S/C24H21ClN6/c25-20-5-3-19(4-6-20)24-16-30(15-21-7-1-18(13-27)14-29-21)9-10-31(24)23-8-2-17(12-26)11-22(23)28/h1-8,11,14,24H,9-10,15-16,28H2/t24-/m0/s1. The highest BCUT2D eigenvalue weighted by atomic mass is 35.5. The zero-order chi connectivity index (χ0) is 21.8. The zero-order valence-corrected chi connectivity index (χ0v) is 17.6. The second-order valence-electron chi connectivity index (χ2n) is 7.53. The maximum atomic E-state index is 9.17. The summed E-state index contributed by atoms with van der Waals surface area (Å²) in [6.45, 7) is 3.10. The average Bonchev–Trinajstić information content (AvgIpc) is 2.80. The summed E-state index contributed by atoms with van der Waals surface area (Å²) in [7, 11) is 0. The molecule has 0 spiro atoms. The number of nitriles is 2. The van der Waals surface area contributed by atoms with Gasteiger partial charge in [0.05, 0.1) is 40.3 Å². The fourth-order valence-corrected chi connectivity index (χ4v) is 4.07. The largest absolute Gasteiger partial charge is 0.397 e. The Labute approximate surface area is 186 Å². The summed E-state index contributed by atoms with van der Waals surface area (Å²) in [4.78, 5) is 9.06. The van der Waals surface area contributed by atoms with Gasteiger partial charge in [-0.2, -0.15) is 10.5 Å². The van der Waals surface area contributed by atoms with Gasteiger partial charge < -0.3 is 10.6 Å². The van der Waals surface area contributed by atoms with Crippen LogP contribution in [0.1, 0.15) is 28.4 Å². The van der Waals surface area contributed by atoms with Crippen LogP contribution in [0.25, 0.3) is 0 Å². The summed E-state index contributed by atoms with van der Waals surface area (Å²) in [5.41, 5.74) is 11.0. The van der Waals surface area contributed by atoms with Crippen LogP contribution in [-0.2, 0) is 6.54 Å². The molecule has 6 nitrogen and oxygen atoms in total. The number of hydrogen-bond acceptors (Lipinski definition) is 6. The van der Waals surface area contributed by atoms with Crippen molar-refractivity contribution < 1.29 is 0 Å². The van der Waals surface area contributed by atoms with Gasteiger partial charge in [0.2, 0.25) is 0 Å². The first-order valence-electron chi connectivity index (χ1n) is 9.96. The molecular weight excluding hydrogens is 408 g/mol. The molecule has 0 aliphatic carbocycles. The Hall–Kier alpha value is -3.58. The lowest BCUT2D eigenvalue weighted by atomic mass is 10.00. The van der Waals surface area contributed by atoms with Crippen LogP contribution in [0, 0.1) is 22.7 Å². The number of nitrogens with two attached hydrogens (primary N) is 1. The molecule has 0 saturated carbocycles. The van der Waals surface area contributed by atoms with E-state index >= 15 is 0 Å². The van der Waals surface area contributed by atoms with E-state index in [0.29, 0.717) is 28.4 Å². The van der Waals surface area contributed by atoms with Crippen molar-refractivity contribution in [3.63, 3.8) is 0 Å². The van der Waals surface area contributed by atoms with Gasteiger partial charge in [0.25, 0.3) is 0 Å². The van der Waals surface area contributed by atoms with E-state index < -0.39 is 0 Å². The van der Waals surface area contributed by atoms with Crippen LogP contribution in [0.5, 0.6) is 0 Å². The summed E-state index contributed by atoms with van der Waals surface area (Å²) in [6, 6.07) is 21.4. The van der Waals surface area contributed by atoms with Crippen LogP contribution in [0.4, 0.5) is 11.4 Å². The van der Waals surface area contributed by atoms with E-state index in [1.54, 1.807) is 24.4 Å².